The highest BCUT2D eigenvalue weighted by Gasteiger charge is 2.28. The molecule has 0 saturated heterocycles. The molecule has 0 fully saturated rings. The van der Waals surface area contributed by atoms with Crippen LogP contribution in [0.2, 0.25) is 0 Å². The van der Waals surface area contributed by atoms with E-state index in [1.54, 1.807) is 0 Å². The molecule has 1 aromatic carbocycles. The average Bonchev–Trinajstić information content (AvgIpc) is 3.00. The number of rotatable bonds is 4. The summed E-state index contributed by atoms with van der Waals surface area (Å²) in [6, 6.07) is 6.34. The van der Waals surface area contributed by atoms with Gasteiger partial charge in [0, 0.05) is 53.1 Å². The largest absolute Gasteiger partial charge is 0.350 e. The van der Waals surface area contributed by atoms with Crippen LogP contribution in [0, 0.1) is 5.41 Å². The van der Waals surface area contributed by atoms with Crippen molar-refractivity contribution in [1.29, 1.82) is 0 Å². The molecule has 1 aliphatic heterocycles. The summed E-state index contributed by atoms with van der Waals surface area (Å²) in [5, 5.41) is 4.04. The number of carbonyl (C=O) groups excluding carboxylic acids is 1. The van der Waals surface area contributed by atoms with Crippen molar-refractivity contribution >= 4 is 22.5 Å². The standard InChI is InChI=1S/C25H35N3O/c1-8-11-22(25(5,6)7)28-15-10-14-27-16-21(24(29)26-17(2)3)20-13-9-12-19(18(28)4)23(20)27/h9,11-13,16-17H,4,8,10,14-15H2,1-3,5-7H3,(H,26,29)/b22-11+. The van der Waals surface area contributed by atoms with E-state index < -0.39 is 0 Å². The van der Waals surface area contributed by atoms with E-state index in [0.717, 1.165) is 53.7 Å². The Kier molecular flexibility index (Phi) is 5.92. The second-order valence-electron chi connectivity index (χ2n) is 9.27. The van der Waals surface area contributed by atoms with Gasteiger partial charge in [-0.25, -0.2) is 0 Å². The first-order chi connectivity index (χ1) is 13.6. The molecule has 0 spiro atoms. The molecule has 4 nitrogen and oxygen atoms in total. The monoisotopic (exact) mass is 393 g/mol. The summed E-state index contributed by atoms with van der Waals surface area (Å²) in [4.78, 5) is 15.2. The molecule has 156 valence electrons. The van der Waals surface area contributed by atoms with Gasteiger partial charge >= 0.3 is 0 Å². The number of allylic oxidation sites excluding steroid dienone is 2. The first kappa shape index (κ1) is 21.2. The average molecular weight is 394 g/mol. The minimum atomic E-state index is -0.0103. The molecule has 0 bridgehead atoms. The van der Waals surface area contributed by atoms with Gasteiger partial charge in [0.15, 0.2) is 0 Å². The Bertz CT molecular complexity index is 956. The third-order valence-corrected chi connectivity index (χ3v) is 5.44. The van der Waals surface area contributed by atoms with E-state index in [1.165, 1.54) is 5.70 Å². The molecule has 0 aliphatic carbocycles. The van der Waals surface area contributed by atoms with Gasteiger partial charge in [0.25, 0.3) is 5.91 Å². The maximum atomic E-state index is 12.8. The Morgan fingerprint density at radius 3 is 2.62 bits per heavy atom. The fraction of sp³-hybridized carbons (Fsp3) is 0.480. The van der Waals surface area contributed by atoms with E-state index in [0.29, 0.717) is 0 Å². The van der Waals surface area contributed by atoms with Gasteiger partial charge in [-0.2, -0.15) is 0 Å². The number of carbonyl (C=O) groups is 1. The van der Waals surface area contributed by atoms with Crippen molar-refractivity contribution in [2.75, 3.05) is 6.54 Å². The Labute approximate surface area is 175 Å². The zero-order valence-corrected chi connectivity index (χ0v) is 18.8. The van der Waals surface area contributed by atoms with Crippen LogP contribution in [-0.4, -0.2) is 28.0 Å². The minimum Gasteiger partial charge on any atom is -0.350 e. The van der Waals surface area contributed by atoms with Crippen LogP contribution in [0.4, 0.5) is 0 Å². The summed E-state index contributed by atoms with van der Waals surface area (Å²) in [5.41, 5.74) is 5.34. The number of nitrogens with zero attached hydrogens (tertiary/aromatic N) is 2. The number of hydrogen-bond acceptors (Lipinski definition) is 2. The Morgan fingerprint density at radius 1 is 1.28 bits per heavy atom. The van der Waals surface area contributed by atoms with Gasteiger partial charge in [-0.1, -0.05) is 58.5 Å². The molecule has 1 aromatic heterocycles. The number of hydrogen-bond donors (Lipinski definition) is 1. The zero-order chi connectivity index (χ0) is 21.3. The molecule has 1 amide bonds. The van der Waals surface area contributed by atoms with Crippen LogP contribution in [0.3, 0.4) is 0 Å². The Morgan fingerprint density at radius 2 is 2.00 bits per heavy atom. The Hall–Kier alpha value is -2.49. The number of aromatic nitrogens is 1. The Balaban J connectivity index is 2.15. The number of nitrogens with one attached hydrogen (secondary N) is 1. The van der Waals surface area contributed by atoms with E-state index in [9.17, 15) is 4.79 Å². The third kappa shape index (κ3) is 4.12. The zero-order valence-electron chi connectivity index (χ0n) is 18.8. The maximum absolute atomic E-state index is 12.8. The summed E-state index contributed by atoms with van der Waals surface area (Å²) in [6.07, 6.45) is 6.34. The van der Waals surface area contributed by atoms with E-state index in [2.05, 4.69) is 67.3 Å². The fourth-order valence-electron chi connectivity index (χ4n) is 4.25. The summed E-state index contributed by atoms with van der Waals surface area (Å²) in [6.45, 7) is 19.3. The normalized spacial score (nSPS) is 15.6. The summed E-state index contributed by atoms with van der Waals surface area (Å²) < 4.78 is 2.24. The van der Waals surface area contributed by atoms with Gasteiger partial charge < -0.3 is 14.8 Å². The van der Waals surface area contributed by atoms with Gasteiger partial charge in [0.1, 0.15) is 0 Å². The van der Waals surface area contributed by atoms with Gasteiger partial charge in [-0.15, -0.1) is 0 Å². The predicted molar refractivity (Wildman–Crippen MR) is 123 cm³/mol. The van der Waals surface area contributed by atoms with Crippen LogP contribution in [0.5, 0.6) is 0 Å². The van der Waals surface area contributed by atoms with Crippen LogP contribution >= 0.6 is 0 Å². The van der Waals surface area contributed by atoms with Crippen molar-refractivity contribution in [1.82, 2.24) is 14.8 Å². The van der Waals surface area contributed by atoms with Crippen LogP contribution in [0.1, 0.15) is 70.3 Å². The van der Waals surface area contributed by atoms with Gasteiger partial charge in [-0.3, -0.25) is 4.79 Å². The maximum Gasteiger partial charge on any atom is 0.253 e. The lowest BCUT2D eigenvalue weighted by molar-refractivity contribution is 0.0944. The molecule has 0 radical (unpaired) electrons. The summed E-state index contributed by atoms with van der Waals surface area (Å²) in [7, 11) is 0. The van der Waals surface area contributed by atoms with Crippen molar-refractivity contribution in [2.24, 2.45) is 5.41 Å². The van der Waals surface area contributed by atoms with Crippen LogP contribution in [0.15, 0.2) is 42.7 Å². The van der Waals surface area contributed by atoms with Crippen LogP contribution in [0.25, 0.3) is 16.6 Å². The molecule has 1 N–H and O–H groups in total. The second-order valence-corrected chi connectivity index (χ2v) is 9.27. The predicted octanol–water partition coefficient (Wildman–Crippen LogP) is 5.80. The minimum absolute atomic E-state index is 0.0103. The van der Waals surface area contributed by atoms with Crippen LogP contribution in [-0.2, 0) is 6.54 Å². The van der Waals surface area contributed by atoms with E-state index in [4.69, 9.17) is 0 Å². The van der Waals surface area contributed by atoms with Crippen molar-refractivity contribution in [2.45, 2.75) is 67.0 Å². The number of benzene rings is 1. The molecular weight excluding hydrogens is 358 g/mol. The molecular formula is C25H35N3O. The number of para-hydroxylation sites is 1. The number of aryl methyl sites for hydroxylation is 1. The third-order valence-electron chi connectivity index (χ3n) is 5.44. The second kappa shape index (κ2) is 8.10. The summed E-state index contributed by atoms with van der Waals surface area (Å²) in [5.74, 6) is -0.0103. The van der Waals surface area contributed by atoms with Gasteiger partial charge in [0.05, 0.1) is 11.1 Å². The van der Waals surface area contributed by atoms with Crippen molar-refractivity contribution in [3.63, 3.8) is 0 Å². The van der Waals surface area contributed by atoms with Crippen LogP contribution < -0.4 is 5.32 Å². The smallest absolute Gasteiger partial charge is 0.253 e. The molecule has 4 heteroatoms. The highest BCUT2D eigenvalue weighted by molar-refractivity contribution is 6.09. The molecule has 29 heavy (non-hydrogen) atoms. The van der Waals surface area contributed by atoms with E-state index in [-0.39, 0.29) is 17.4 Å². The fourth-order valence-corrected chi connectivity index (χ4v) is 4.25. The highest BCUT2D eigenvalue weighted by atomic mass is 16.1. The van der Waals surface area contributed by atoms with Gasteiger partial charge in [-0.05, 0) is 26.7 Å². The van der Waals surface area contributed by atoms with Crippen molar-refractivity contribution in [3.05, 3.63) is 53.9 Å². The first-order valence-corrected chi connectivity index (χ1v) is 10.7. The molecule has 3 rings (SSSR count). The molecule has 2 heterocycles. The lowest BCUT2D eigenvalue weighted by Gasteiger charge is -2.38. The van der Waals surface area contributed by atoms with E-state index >= 15 is 0 Å². The molecule has 2 aromatic rings. The first-order valence-electron chi connectivity index (χ1n) is 10.7. The van der Waals surface area contributed by atoms with Crippen molar-refractivity contribution in [3.8, 4) is 0 Å². The van der Waals surface area contributed by atoms with E-state index in [1.807, 2.05) is 26.1 Å². The lowest BCUT2D eigenvalue weighted by Crippen LogP contribution is -2.31. The topological polar surface area (TPSA) is 37.3 Å². The molecule has 1 aliphatic rings. The highest BCUT2D eigenvalue weighted by Crippen LogP contribution is 2.38. The molecule has 0 atom stereocenters. The quantitative estimate of drug-likeness (QED) is 0.713. The van der Waals surface area contributed by atoms with Crippen molar-refractivity contribution < 1.29 is 4.79 Å². The lowest BCUT2D eigenvalue weighted by atomic mass is 9.89. The SMILES string of the molecule is C=C1c2cccc3c(C(=O)NC(C)C)cn(c23)CCCN1/C(=C/CC)C(C)(C)C. The van der Waals surface area contributed by atoms with Gasteiger partial charge in [0.2, 0.25) is 0 Å². The molecule has 0 saturated carbocycles. The number of amides is 1. The summed E-state index contributed by atoms with van der Waals surface area (Å²) >= 11 is 0. The molecule has 0 unspecified atom stereocenters.